The number of rotatable bonds is 3. The van der Waals surface area contributed by atoms with Crippen LogP contribution in [0.25, 0.3) is 0 Å². The van der Waals surface area contributed by atoms with Crippen LogP contribution >= 0.6 is 0 Å². The van der Waals surface area contributed by atoms with Crippen LogP contribution in [-0.4, -0.2) is 23.0 Å². The maximum atomic E-state index is 12.8. The molecule has 1 N–H and O–H groups in total. The molecule has 0 fully saturated rings. The molecule has 0 saturated heterocycles. The molecule has 0 radical (unpaired) electrons. The highest BCUT2D eigenvalue weighted by atomic mass is 19.1. The Hall–Kier alpha value is -2.36. The number of amides is 1. The third kappa shape index (κ3) is 3.31. The Bertz CT molecular complexity index is 564. The topological polar surface area (TPSA) is 40.5 Å². The molecule has 0 heterocycles. The second kappa shape index (κ2) is 5.52. The van der Waals surface area contributed by atoms with Crippen molar-refractivity contribution in [3.05, 3.63) is 65.5 Å². The zero-order valence-electron chi connectivity index (χ0n) is 10.5. The van der Waals surface area contributed by atoms with E-state index in [9.17, 15) is 14.3 Å². The van der Waals surface area contributed by atoms with E-state index in [4.69, 9.17) is 0 Å². The summed E-state index contributed by atoms with van der Waals surface area (Å²) in [6.07, 6.45) is 0. The monoisotopic (exact) mass is 259 g/mol. The number of carbonyl (C=O) groups is 1. The van der Waals surface area contributed by atoms with Gasteiger partial charge in [-0.2, -0.15) is 0 Å². The van der Waals surface area contributed by atoms with E-state index >= 15 is 0 Å². The average molecular weight is 259 g/mol. The van der Waals surface area contributed by atoms with E-state index in [-0.39, 0.29) is 17.5 Å². The molecule has 0 aromatic heterocycles. The predicted octanol–water partition coefficient (Wildman–Crippen LogP) is 2.80. The van der Waals surface area contributed by atoms with Gasteiger partial charge < -0.3 is 10.0 Å². The zero-order valence-corrected chi connectivity index (χ0v) is 10.5. The average Bonchev–Trinajstić information content (AvgIpc) is 2.41. The molecular formula is C15H14FNO2. The maximum Gasteiger partial charge on any atom is 0.253 e. The largest absolute Gasteiger partial charge is 0.508 e. The first-order valence-corrected chi connectivity index (χ1v) is 5.85. The number of benzene rings is 2. The van der Waals surface area contributed by atoms with E-state index in [0.29, 0.717) is 12.1 Å². The van der Waals surface area contributed by atoms with Crippen molar-refractivity contribution in [2.24, 2.45) is 0 Å². The van der Waals surface area contributed by atoms with Gasteiger partial charge in [-0.25, -0.2) is 4.39 Å². The number of aromatic hydroxyl groups is 1. The SMILES string of the molecule is CN(Cc1ccc(F)cc1)C(=O)c1ccc(O)cc1. The summed E-state index contributed by atoms with van der Waals surface area (Å²) in [5.41, 5.74) is 1.36. The molecule has 4 heteroatoms. The smallest absolute Gasteiger partial charge is 0.253 e. The summed E-state index contributed by atoms with van der Waals surface area (Å²) in [5, 5.41) is 9.18. The van der Waals surface area contributed by atoms with E-state index < -0.39 is 0 Å². The standard InChI is InChI=1S/C15H14FNO2/c1-17(10-11-2-6-13(16)7-3-11)15(19)12-4-8-14(18)9-5-12/h2-9,18H,10H2,1H3. The van der Waals surface area contributed by atoms with Gasteiger partial charge in [0.05, 0.1) is 0 Å². The highest BCUT2D eigenvalue weighted by Gasteiger charge is 2.11. The van der Waals surface area contributed by atoms with Crippen LogP contribution in [0, 0.1) is 5.82 Å². The van der Waals surface area contributed by atoms with Gasteiger partial charge in [0.2, 0.25) is 0 Å². The first-order chi connectivity index (χ1) is 9.06. The second-order valence-electron chi connectivity index (χ2n) is 4.33. The van der Waals surface area contributed by atoms with Crippen LogP contribution in [-0.2, 0) is 6.54 Å². The molecule has 0 atom stereocenters. The molecule has 0 aliphatic heterocycles. The van der Waals surface area contributed by atoms with Crippen LogP contribution in [0.2, 0.25) is 0 Å². The van der Waals surface area contributed by atoms with E-state index in [0.717, 1.165) is 5.56 Å². The Balaban J connectivity index is 2.07. The summed E-state index contributed by atoms with van der Waals surface area (Å²) in [6.45, 7) is 0.403. The van der Waals surface area contributed by atoms with Gasteiger partial charge in [-0.15, -0.1) is 0 Å². The highest BCUT2D eigenvalue weighted by molar-refractivity contribution is 5.94. The van der Waals surface area contributed by atoms with Crippen molar-refractivity contribution in [2.75, 3.05) is 7.05 Å². The molecule has 2 rings (SSSR count). The fraction of sp³-hybridized carbons (Fsp3) is 0.133. The summed E-state index contributed by atoms with van der Waals surface area (Å²) >= 11 is 0. The van der Waals surface area contributed by atoms with Gasteiger partial charge in [0.25, 0.3) is 5.91 Å². The molecule has 98 valence electrons. The Morgan fingerprint density at radius 1 is 1.11 bits per heavy atom. The first-order valence-electron chi connectivity index (χ1n) is 5.85. The molecular weight excluding hydrogens is 245 g/mol. The number of phenolic OH excluding ortho intramolecular Hbond substituents is 1. The van der Waals surface area contributed by atoms with Gasteiger partial charge in [-0.3, -0.25) is 4.79 Å². The van der Waals surface area contributed by atoms with Gasteiger partial charge in [-0.1, -0.05) is 12.1 Å². The lowest BCUT2D eigenvalue weighted by Crippen LogP contribution is -2.26. The molecule has 0 saturated carbocycles. The molecule has 2 aromatic rings. The third-order valence-corrected chi connectivity index (χ3v) is 2.79. The van der Waals surface area contributed by atoms with Crippen molar-refractivity contribution in [1.82, 2.24) is 4.90 Å². The van der Waals surface area contributed by atoms with Crippen LogP contribution in [0.4, 0.5) is 4.39 Å². The summed E-state index contributed by atoms with van der Waals surface area (Å²) in [6, 6.07) is 12.1. The van der Waals surface area contributed by atoms with E-state index in [1.54, 1.807) is 36.2 Å². The fourth-order valence-corrected chi connectivity index (χ4v) is 1.76. The molecule has 2 aromatic carbocycles. The number of halogens is 1. The first kappa shape index (κ1) is 13.1. The lowest BCUT2D eigenvalue weighted by atomic mass is 10.1. The third-order valence-electron chi connectivity index (χ3n) is 2.79. The maximum absolute atomic E-state index is 12.8. The molecule has 19 heavy (non-hydrogen) atoms. The van der Waals surface area contributed by atoms with Crippen molar-refractivity contribution < 1.29 is 14.3 Å². The number of carbonyl (C=O) groups excluding carboxylic acids is 1. The van der Waals surface area contributed by atoms with Gasteiger partial charge in [0.1, 0.15) is 11.6 Å². The number of hydrogen-bond donors (Lipinski definition) is 1. The summed E-state index contributed by atoms with van der Waals surface area (Å²) in [5.74, 6) is -0.321. The van der Waals surface area contributed by atoms with Crippen molar-refractivity contribution in [1.29, 1.82) is 0 Å². The highest BCUT2D eigenvalue weighted by Crippen LogP contribution is 2.13. The van der Waals surface area contributed by atoms with Crippen molar-refractivity contribution in [2.45, 2.75) is 6.54 Å². The Kier molecular flexibility index (Phi) is 3.80. The van der Waals surface area contributed by atoms with Crippen LogP contribution < -0.4 is 0 Å². The van der Waals surface area contributed by atoms with Crippen LogP contribution in [0.5, 0.6) is 5.75 Å². The molecule has 0 spiro atoms. The molecule has 0 unspecified atom stereocenters. The van der Waals surface area contributed by atoms with Gasteiger partial charge in [0.15, 0.2) is 0 Å². The molecule has 1 amide bonds. The van der Waals surface area contributed by atoms with Gasteiger partial charge >= 0.3 is 0 Å². The number of nitrogens with zero attached hydrogens (tertiary/aromatic N) is 1. The summed E-state index contributed by atoms with van der Waals surface area (Å²) in [4.78, 5) is 13.6. The number of phenols is 1. The normalized spacial score (nSPS) is 10.2. The fourth-order valence-electron chi connectivity index (χ4n) is 1.76. The Morgan fingerprint density at radius 2 is 1.68 bits per heavy atom. The Labute approximate surface area is 110 Å². The van der Waals surface area contributed by atoms with E-state index in [1.807, 2.05) is 0 Å². The van der Waals surface area contributed by atoms with Crippen LogP contribution in [0.15, 0.2) is 48.5 Å². The minimum atomic E-state index is -0.295. The predicted molar refractivity (Wildman–Crippen MR) is 70.3 cm³/mol. The van der Waals surface area contributed by atoms with Crippen molar-refractivity contribution in [3.63, 3.8) is 0 Å². The van der Waals surface area contributed by atoms with E-state index in [1.165, 1.54) is 24.3 Å². The molecule has 0 aliphatic carbocycles. The quantitative estimate of drug-likeness (QED) is 0.920. The lowest BCUT2D eigenvalue weighted by molar-refractivity contribution is 0.0785. The minimum Gasteiger partial charge on any atom is -0.508 e. The summed E-state index contributed by atoms with van der Waals surface area (Å²) in [7, 11) is 1.68. The van der Waals surface area contributed by atoms with Crippen LogP contribution in [0.1, 0.15) is 15.9 Å². The lowest BCUT2D eigenvalue weighted by Gasteiger charge is -2.17. The van der Waals surface area contributed by atoms with Gasteiger partial charge in [-0.05, 0) is 42.0 Å². The van der Waals surface area contributed by atoms with Crippen LogP contribution in [0.3, 0.4) is 0 Å². The minimum absolute atomic E-state index is 0.123. The molecule has 0 bridgehead atoms. The van der Waals surface area contributed by atoms with E-state index in [2.05, 4.69) is 0 Å². The molecule has 3 nitrogen and oxygen atoms in total. The number of hydrogen-bond acceptors (Lipinski definition) is 2. The molecule has 0 aliphatic rings. The summed E-state index contributed by atoms with van der Waals surface area (Å²) < 4.78 is 12.8. The zero-order chi connectivity index (χ0) is 13.8. The van der Waals surface area contributed by atoms with Crippen molar-refractivity contribution in [3.8, 4) is 5.75 Å². The van der Waals surface area contributed by atoms with Gasteiger partial charge in [0, 0.05) is 19.2 Å². The second-order valence-corrected chi connectivity index (χ2v) is 4.33. The van der Waals surface area contributed by atoms with Crippen molar-refractivity contribution >= 4 is 5.91 Å². The Morgan fingerprint density at radius 3 is 2.26 bits per heavy atom.